The number of aromatic nitrogens is 1. The molecule has 1 saturated carbocycles. The topological polar surface area (TPSA) is 74.9 Å². The van der Waals surface area contributed by atoms with Crippen LogP contribution >= 0.6 is 11.8 Å². The third-order valence-electron chi connectivity index (χ3n) is 6.64. The van der Waals surface area contributed by atoms with E-state index in [1.54, 1.807) is 12.1 Å². The third-order valence-corrected chi connectivity index (χ3v) is 7.62. The second kappa shape index (κ2) is 9.58. The first-order valence-electron chi connectivity index (χ1n) is 11.8. The fourth-order valence-corrected chi connectivity index (χ4v) is 5.94. The van der Waals surface area contributed by atoms with Crippen LogP contribution < -0.4 is 0 Å². The Bertz CT molecular complexity index is 1330. The number of carboxylic acid groups (broad SMARTS) is 1. The van der Waals surface area contributed by atoms with Gasteiger partial charge in [0.05, 0.1) is 16.2 Å². The molecule has 0 spiro atoms. The lowest BCUT2D eigenvalue weighted by Gasteiger charge is -2.22. The molecule has 2 aliphatic rings. The van der Waals surface area contributed by atoms with Crippen LogP contribution in [0, 0.1) is 13.8 Å². The zero-order valence-corrected chi connectivity index (χ0v) is 20.6. The molecule has 7 heteroatoms. The number of hydrogen-bond donors (Lipinski definition) is 1. The number of aryl methyl sites for hydroxylation is 1. The number of amidine groups is 1. The number of rotatable bonds is 5. The second-order valence-electron chi connectivity index (χ2n) is 8.97. The van der Waals surface area contributed by atoms with Crippen molar-refractivity contribution >= 4 is 40.6 Å². The molecule has 1 N–H and O–H groups in total. The van der Waals surface area contributed by atoms with Crippen LogP contribution in [0.5, 0.6) is 0 Å². The lowest BCUT2D eigenvalue weighted by atomic mass is 10.2. The maximum atomic E-state index is 13.6. The van der Waals surface area contributed by atoms with Gasteiger partial charge in [-0.1, -0.05) is 31.0 Å². The summed E-state index contributed by atoms with van der Waals surface area (Å²) in [6.07, 6.45) is 6.26. The van der Waals surface area contributed by atoms with E-state index in [0.29, 0.717) is 4.91 Å². The minimum absolute atomic E-state index is 0.0206. The van der Waals surface area contributed by atoms with Gasteiger partial charge in [0.1, 0.15) is 0 Å². The van der Waals surface area contributed by atoms with E-state index >= 15 is 0 Å². The number of carboxylic acids is 1. The summed E-state index contributed by atoms with van der Waals surface area (Å²) in [6, 6.07) is 18.9. The molecular formula is C28H27N3O3S. The molecule has 2 fully saturated rings. The molecule has 0 radical (unpaired) electrons. The molecule has 0 atom stereocenters. The van der Waals surface area contributed by atoms with E-state index in [2.05, 4.69) is 10.6 Å². The van der Waals surface area contributed by atoms with Crippen molar-refractivity contribution in [2.24, 2.45) is 4.99 Å². The van der Waals surface area contributed by atoms with Gasteiger partial charge in [-0.2, -0.15) is 0 Å². The summed E-state index contributed by atoms with van der Waals surface area (Å²) in [6.45, 7) is 4.03. The van der Waals surface area contributed by atoms with Crippen LogP contribution in [0.2, 0.25) is 0 Å². The van der Waals surface area contributed by atoms with Crippen molar-refractivity contribution < 1.29 is 14.7 Å². The van der Waals surface area contributed by atoms with Gasteiger partial charge in [0.2, 0.25) is 0 Å². The van der Waals surface area contributed by atoms with E-state index in [1.165, 1.54) is 11.8 Å². The number of benzene rings is 2. The zero-order chi connectivity index (χ0) is 24.5. The molecular weight excluding hydrogens is 458 g/mol. The highest BCUT2D eigenvalue weighted by Gasteiger charge is 2.39. The molecule has 178 valence electrons. The van der Waals surface area contributed by atoms with Crippen molar-refractivity contribution in [2.45, 2.75) is 45.6 Å². The van der Waals surface area contributed by atoms with Gasteiger partial charge in [0.15, 0.2) is 5.17 Å². The van der Waals surface area contributed by atoms with Gasteiger partial charge in [-0.3, -0.25) is 9.69 Å². The summed E-state index contributed by atoms with van der Waals surface area (Å²) < 4.78 is 2.08. The summed E-state index contributed by atoms with van der Waals surface area (Å²) in [5.74, 6) is -0.924. The Hall–Kier alpha value is -3.58. The van der Waals surface area contributed by atoms with Crippen molar-refractivity contribution in [3.63, 3.8) is 0 Å². The molecule has 1 aromatic heterocycles. The molecule has 3 aromatic rings. The van der Waals surface area contributed by atoms with Crippen LogP contribution in [0.25, 0.3) is 11.8 Å². The van der Waals surface area contributed by atoms with Gasteiger partial charge in [-0.15, -0.1) is 0 Å². The summed E-state index contributed by atoms with van der Waals surface area (Å²) in [5.41, 5.74) is 4.96. The van der Waals surface area contributed by atoms with Crippen LogP contribution in [0.3, 0.4) is 0 Å². The Morgan fingerprint density at radius 3 is 2.40 bits per heavy atom. The predicted octanol–water partition coefficient (Wildman–Crippen LogP) is 6.34. The molecule has 1 aliphatic carbocycles. The number of hydrogen-bond acceptors (Lipinski definition) is 4. The highest BCUT2D eigenvalue weighted by Crippen LogP contribution is 2.39. The van der Waals surface area contributed by atoms with Gasteiger partial charge in [0.25, 0.3) is 5.91 Å². The molecule has 2 heterocycles. The summed E-state index contributed by atoms with van der Waals surface area (Å²) in [5, 5.41) is 9.94. The second-order valence-corrected chi connectivity index (χ2v) is 9.98. The van der Waals surface area contributed by atoms with E-state index in [9.17, 15) is 14.7 Å². The Labute approximate surface area is 209 Å². The fraction of sp³-hybridized carbons (Fsp3) is 0.250. The largest absolute Gasteiger partial charge is 0.478 e. The summed E-state index contributed by atoms with van der Waals surface area (Å²) >= 11 is 1.44. The van der Waals surface area contributed by atoms with Gasteiger partial charge < -0.3 is 9.67 Å². The van der Waals surface area contributed by atoms with E-state index in [1.807, 2.05) is 67.3 Å². The lowest BCUT2D eigenvalue weighted by molar-refractivity contribution is -0.123. The normalized spacial score (nSPS) is 18.8. The Kier molecular flexibility index (Phi) is 6.34. The molecule has 1 aliphatic heterocycles. The molecule has 1 saturated heterocycles. The fourth-order valence-electron chi connectivity index (χ4n) is 4.89. The van der Waals surface area contributed by atoms with Crippen LogP contribution in [0.4, 0.5) is 5.69 Å². The van der Waals surface area contributed by atoms with Gasteiger partial charge >= 0.3 is 5.97 Å². The van der Waals surface area contributed by atoms with Gasteiger partial charge in [-0.25, -0.2) is 9.79 Å². The molecule has 1 amide bonds. The molecule has 5 rings (SSSR count). The monoisotopic (exact) mass is 485 g/mol. The number of carbonyl (C=O) groups is 2. The Morgan fingerprint density at radius 1 is 1.06 bits per heavy atom. The van der Waals surface area contributed by atoms with Crippen LogP contribution in [0.1, 0.15) is 53.0 Å². The third kappa shape index (κ3) is 4.56. The number of para-hydroxylation sites is 1. The minimum Gasteiger partial charge on any atom is -0.478 e. The highest BCUT2D eigenvalue weighted by molar-refractivity contribution is 8.18. The minimum atomic E-state index is -0.945. The van der Waals surface area contributed by atoms with Crippen molar-refractivity contribution in [1.29, 1.82) is 0 Å². The van der Waals surface area contributed by atoms with E-state index in [4.69, 9.17) is 4.99 Å². The smallest absolute Gasteiger partial charge is 0.335 e. The predicted molar refractivity (Wildman–Crippen MR) is 140 cm³/mol. The van der Waals surface area contributed by atoms with Crippen LogP contribution in [-0.4, -0.2) is 37.7 Å². The number of thioether (sulfide) groups is 1. The number of carbonyl (C=O) groups excluding carboxylic acids is 1. The Balaban J connectivity index is 1.50. The zero-order valence-electron chi connectivity index (χ0n) is 19.8. The molecule has 0 bridgehead atoms. The van der Waals surface area contributed by atoms with E-state index < -0.39 is 5.97 Å². The number of amides is 1. The van der Waals surface area contributed by atoms with Crippen molar-refractivity contribution in [2.75, 3.05) is 0 Å². The average Bonchev–Trinajstić information content (AvgIpc) is 3.54. The lowest BCUT2D eigenvalue weighted by Crippen LogP contribution is -2.37. The number of aliphatic imine (C=N–C) groups is 1. The summed E-state index contributed by atoms with van der Waals surface area (Å²) in [7, 11) is 0. The quantitative estimate of drug-likeness (QED) is 0.428. The molecule has 6 nitrogen and oxygen atoms in total. The number of aromatic carboxylic acids is 1. The first kappa shape index (κ1) is 23.2. The van der Waals surface area contributed by atoms with Crippen molar-refractivity contribution in [3.05, 3.63) is 88.1 Å². The maximum Gasteiger partial charge on any atom is 0.335 e. The van der Waals surface area contributed by atoms with Crippen molar-refractivity contribution in [3.8, 4) is 5.69 Å². The first-order valence-corrected chi connectivity index (χ1v) is 12.6. The SMILES string of the molecule is Cc1cc(/C=C2/SC(=Nc3ccccc3)N(C3CCCC3)C2=O)c(C)n1-c1ccc(C(=O)O)cc1. The molecule has 0 unspecified atom stereocenters. The molecule has 35 heavy (non-hydrogen) atoms. The van der Waals surface area contributed by atoms with Gasteiger partial charge in [-0.05, 0) is 92.6 Å². The standard InChI is InChI=1S/C28H27N3O3S/c1-18-16-21(19(2)30(18)24-14-12-20(13-15-24)27(33)34)17-25-26(32)31(23-10-6-7-11-23)28(35-25)29-22-8-4-3-5-9-22/h3-5,8-9,12-17,23H,6-7,10-11H2,1-2H3,(H,33,34)/b25-17+,29-28?. The van der Waals surface area contributed by atoms with Crippen molar-refractivity contribution in [1.82, 2.24) is 9.47 Å². The Morgan fingerprint density at radius 2 is 1.74 bits per heavy atom. The highest BCUT2D eigenvalue weighted by atomic mass is 32.2. The first-order chi connectivity index (χ1) is 16.9. The van der Waals surface area contributed by atoms with Crippen LogP contribution in [-0.2, 0) is 4.79 Å². The molecule has 2 aromatic carbocycles. The van der Waals surface area contributed by atoms with Crippen LogP contribution in [0.15, 0.2) is 70.6 Å². The van der Waals surface area contributed by atoms with Gasteiger partial charge in [0, 0.05) is 23.1 Å². The maximum absolute atomic E-state index is 13.6. The average molecular weight is 486 g/mol. The number of nitrogens with zero attached hydrogens (tertiary/aromatic N) is 3. The van der Waals surface area contributed by atoms with E-state index in [0.717, 1.165) is 59.2 Å². The summed E-state index contributed by atoms with van der Waals surface area (Å²) in [4.78, 5) is 32.2. The van der Waals surface area contributed by atoms with E-state index in [-0.39, 0.29) is 17.5 Å².